The van der Waals surface area contributed by atoms with Crippen LogP contribution in [0.1, 0.15) is 30.1 Å². The molecular formula is C24H26F2N2O3. The van der Waals surface area contributed by atoms with Crippen molar-refractivity contribution in [3.63, 3.8) is 0 Å². The van der Waals surface area contributed by atoms with Crippen LogP contribution in [0.15, 0.2) is 48.5 Å². The zero-order chi connectivity index (χ0) is 22.2. The van der Waals surface area contributed by atoms with Crippen LogP contribution in [0.2, 0.25) is 0 Å². The van der Waals surface area contributed by atoms with Crippen molar-refractivity contribution in [1.29, 1.82) is 5.26 Å². The summed E-state index contributed by atoms with van der Waals surface area (Å²) in [6, 6.07) is 14.3. The van der Waals surface area contributed by atoms with E-state index in [1.165, 1.54) is 31.4 Å². The second kappa shape index (κ2) is 11.0. The molecule has 0 spiro atoms. The lowest BCUT2D eigenvalue weighted by Crippen LogP contribution is -2.39. The summed E-state index contributed by atoms with van der Waals surface area (Å²) in [6.45, 7) is 2.64. The minimum atomic E-state index is -0.718. The third-order valence-corrected chi connectivity index (χ3v) is 5.74. The molecule has 1 aliphatic rings. The molecule has 1 heterocycles. The Labute approximate surface area is 181 Å². The fraction of sp³-hybridized carbons (Fsp3) is 0.417. The summed E-state index contributed by atoms with van der Waals surface area (Å²) in [5.74, 6) is -1.84. The number of hydrogen-bond donors (Lipinski definition) is 0. The van der Waals surface area contributed by atoms with Gasteiger partial charge in [-0.1, -0.05) is 24.3 Å². The Balaban J connectivity index is 1.57. The number of nitrogens with zero attached hydrogens (tertiary/aromatic N) is 2. The summed E-state index contributed by atoms with van der Waals surface area (Å²) in [5.41, 5.74) is 1.59. The smallest absolute Gasteiger partial charge is 0.323 e. The summed E-state index contributed by atoms with van der Waals surface area (Å²) >= 11 is 0. The molecule has 2 aromatic rings. The fourth-order valence-corrected chi connectivity index (χ4v) is 3.95. The first-order valence-electron chi connectivity index (χ1n) is 10.3. The molecule has 3 rings (SSSR count). The van der Waals surface area contributed by atoms with Crippen LogP contribution in [-0.4, -0.2) is 44.2 Å². The Morgan fingerprint density at radius 3 is 2.03 bits per heavy atom. The zero-order valence-corrected chi connectivity index (χ0v) is 17.5. The number of piperidine rings is 1. The van der Waals surface area contributed by atoms with Gasteiger partial charge in [0.25, 0.3) is 0 Å². The number of hydrogen-bond acceptors (Lipinski definition) is 5. The quantitative estimate of drug-likeness (QED) is 0.593. The zero-order valence-electron chi connectivity index (χ0n) is 17.5. The average molecular weight is 428 g/mol. The van der Waals surface area contributed by atoms with Crippen molar-refractivity contribution in [3.8, 4) is 6.07 Å². The van der Waals surface area contributed by atoms with Crippen LogP contribution in [0.25, 0.3) is 0 Å². The Bertz CT molecular complexity index is 843. The van der Waals surface area contributed by atoms with Crippen molar-refractivity contribution in [2.45, 2.75) is 18.9 Å². The van der Waals surface area contributed by atoms with Crippen molar-refractivity contribution in [2.75, 3.05) is 33.4 Å². The molecule has 5 nitrogen and oxygen atoms in total. The van der Waals surface area contributed by atoms with E-state index in [1.54, 1.807) is 24.3 Å². The second-order valence-electron chi connectivity index (χ2n) is 7.66. The highest BCUT2D eigenvalue weighted by atomic mass is 19.1. The number of rotatable bonds is 8. The first-order valence-corrected chi connectivity index (χ1v) is 10.3. The third-order valence-electron chi connectivity index (χ3n) is 5.74. The van der Waals surface area contributed by atoms with Crippen LogP contribution in [0.4, 0.5) is 8.78 Å². The normalized spacial score (nSPS) is 16.1. The summed E-state index contributed by atoms with van der Waals surface area (Å²) in [7, 11) is 1.30. The standard InChI is InChI=1S/C24H26F2N2O3/c1-30-24(29)22(16-27)17-10-12-28(13-11-17)14-15-31-23(18-2-6-20(25)7-3-18)19-4-8-21(26)9-5-19/h2-9,17,22-23H,10-15H2,1H3. The molecule has 1 aliphatic heterocycles. The third kappa shape index (κ3) is 6.09. The van der Waals surface area contributed by atoms with Crippen LogP contribution >= 0.6 is 0 Å². The summed E-state index contributed by atoms with van der Waals surface area (Å²) < 4.78 is 37.5. The van der Waals surface area contributed by atoms with E-state index >= 15 is 0 Å². The number of carbonyl (C=O) groups is 1. The first-order chi connectivity index (χ1) is 15.0. The Morgan fingerprint density at radius 1 is 1.06 bits per heavy atom. The SMILES string of the molecule is COC(=O)C(C#N)C1CCN(CCOC(c2ccc(F)cc2)c2ccc(F)cc2)CC1. The maximum absolute atomic E-state index is 13.3. The number of carbonyl (C=O) groups excluding carboxylic acids is 1. The minimum absolute atomic E-state index is 0.000738. The molecule has 164 valence electrons. The molecular weight excluding hydrogens is 402 g/mol. The predicted molar refractivity (Wildman–Crippen MR) is 111 cm³/mol. The van der Waals surface area contributed by atoms with Crippen LogP contribution < -0.4 is 0 Å². The maximum Gasteiger partial charge on any atom is 0.323 e. The molecule has 0 bridgehead atoms. The topological polar surface area (TPSA) is 62.6 Å². The largest absolute Gasteiger partial charge is 0.468 e. The van der Waals surface area contributed by atoms with E-state index in [0.29, 0.717) is 13.2 Å². The van der Waals surface area contributed by atoms with E-state index < -0.39 is 18.0 Å². The fourth-order valence-electron chi connectivity index (χ4n) is 3.95. The van der Waals surface area contributed by atoms with E-state index in [2.05, 4.69) is 11.0 Å². The predicted octanol–water partition coefficient (Wildman–Crippen LogP) is 4.10. The van der Waals surface area contributed by atoms with Gasteiger partial charge in [0.15, 0.2) is 0 Å². The van der Waals surface area contributed by atoms with Crippen LogP contribution in [0.3, 0.4) is 0 Å². The molecule has 0 N–H and O–H groups in total. The van der Waals surface area contributed by atoms with Crippen molar-refractivity contribution in [3.05, 3.63) is 71.3 Å². The van der Waals surface area contributed by atoms with Gasteiger partial charge in [-0.05, 0) is 67.2 Å². The van der Waals surface area contributed by atoms with Gasteiger partial charge in [0.05, 0.1) is 19.8 Å². The number of esters is 1. The van der Waals surface area contributed by atoms with Gasteiger partial charge >= 0.3 is 5.97 Å². The molecule has 1 unspecified atom stereocenters. The molecule has 31 heavy (non-hydrogen) atoms. The average Bonchev–Trinajstić information content (AvgIpc) is 2.79. The monoisotopic (exact) mass is 428 g/mol. The van der Waals surface area contributed by atoms with E-state index in [-0.39, 0.29) is 17.6 Å². The molecule has 0 aromatic heterocycles. The second-order valence-corrected chi connectivity index (χ2v) is 7.66. The molecule has 7 heteroatoms. The molecule has 0 radical (unpaired) electrons. The molecule has 1 saturated heterocycles. The number of methoxy groups -OCH3 is 1. The number of likely N-dealkylation sites (tertiary alicyclic amines) is 1. The molecule has 1 atom stereocenters. The lowest BCUT2D eigenvalue weighted by Gasteiger charge is -2.33. The van der Waals surface area contributed by atoms with Gasteiger partial charge in [0.2, 0.25) is 0 Å². The Kier molecular flexibility index (Phi) is 8.10. The van der Waals surface area contributed by atoms with Gasteiger partial charge in [-0.15, -0.1) is 0 Å². The van der Waals surface area contributed by atoms with E-state index in [4.69, 9.17) is 9.47 Å². The van der Waals surface area contributed by atoms with Crippen molar-refractivity contribution in [1.82, 2.24) is 4.90 Å². The highest BCUT2D eigenvalue weighted by Gasteiger charge is 2.32. The Hall–Kier alpha value is -2.82. The highest BCUT2D eigenvalue weighted by molar-refractivity contribution is 5.75. The van der Waals surface area contributed by atoms with Crippen molar-refractivity contribution >= 4 is 5.97 Å². The summed E-state index contributed by atoms with van der Waals surface area (Å²) in [5, 5.41) is 9.27. The van der Waals surface area contributed by atoms with Crippen LogP contribution in [0.5, 0.6) is 0 Å². The van der Waals surface area contributed by atoms with Gasteiger partial charge in [0.1, 0.15) is 23.7 Å². The van der Waals surface area contributed by atoms with Crippen molar-refractivity contribution < 1.29 is 23.0 Å². The molecule has 0 saturated carbocycles. The lowest BCUT2D eigenvalue weighted by molar-refractivity contribution is -0.145. The number of benzene rings is 2. The van der Waals surface area contributed by atoms with Crippen LogP contribution in [0, 0.1) is 34.8 Å². The molecule has 2 aromatic carbocycles. The number of ether oxygens (including phenoxy) is 2. The van der Waals surface area contributed by atoms with Gasteiger partial charge in [-0.2, -0.15) is 5.26 Å². The number of nitriles is 1. The van der Waals surface area contributed by atoms with E-state index in [0.717, 1.165) is 37.1 Å². The van der Waals surface area contributed by atoms with Crippen molar-refractivity contribution in [2.24, 2.45) is 11.8 Å². The minimum Gasteiger partial charge on any atom is -0.468 e. The van der Waals surface area contributed by atoms with E-state index in [9.17, 15) is 18.8 Å². The maximum atomic E-state index is 13.3. The molecule has 0 amide bonds. The number of halogens is 2. The molecule has 0 aliphatic carbocycles. The van der Waals surface area contributed by atoms with Crippen LogP contribution in [-0.2, 0) is 14.3 Å². The highest BCUT2D eigenvalue weighted by Crippen LogP contribution is 2.28. The van der Waals surface area contributed by atoms with Gasteiger partial charge < -0.3 is 14.4 Å². The first kappa shape index (κ1) is 22.9. The van der Waals surface area contributed by atoms with Gasteiger partial charge in [-0.3, -0.25) is 4.79 Å². The molecule has 1 fully saturated rings. The van der Waals surface area contributed by atoms with E-state index in [1.807, 2.05) is 0 Å². The summed E-state index contributed by atoms with van der Waals surface area (Å²) in [4.78, 5) is 14.0. The lowest BCUT2D eigenvalue weighted by atomic mass is 9.85. The van der Waals surface area contributed by atoms with Gasteiger partial charge in [0, 0.05) is 6.54 Å². The summed E-state index contributed by atoms with van der Waals surface area (Å²) in [6.07, 6.45) is 1.06. The van der Waals surface area contributed by atoms with Gasteiger partial charge in [-0.25, -0.2) is 8.78 Å². The Morgan fingerprint density at radius 2 is 1.58 bits per heavy atom.